The molecule has 3 aliphatic rings. The fourth-order valence-electron chi connectivity index (χ4n) is 6.22. The average molecular weight is 459 g/mol. The number of nitriles is 1. The molecule has 1 aromatic carbocycles. The van der Waals surface area contributed by atoms with Gasteiger partial charge in [0.2, 0.25) is 5.82 Å². The highest BCUT2D eigenvalue weighted by Crippen LogP contribution is 2.50. The average Bonchev–Trinajstić information content (AvgIpc) is 3.13. The van der Waals surface area contributed by atoms with Gasteiger partial charge in [0.1, 0.15) is 6.07 Å². The van der Waals surface area contributed by atoms with Crippen LogP contribution < -0.4 is 4.90 Å². The number of carbonyl (C=O) groups is 1. The van der Waals surface area contributed by atoms with Crippen LogP contribution in [0.25, 0.3) is 0 Å². The molecule has 2 amide bonds. The Morgan fingerprint density at radius 3 is 2.35 bits per heavy atom. The normalized spacial score (nSPS) is 27.3. The van der Waals surface area contributed by atoms with Crippen LogP contribution in [0.4, 0.5) is 10.5 Å². The highest BCUT2D eigenvalue weighted by atomic mass is 16.2. The van der Waals surface area contributed by atoms with E-state index >= 15 is 0 Å². The number of aromatic nitrogens is 2. The van der Waals surface area contributed by atoms with Crippen molar-refractivity contribution in [2.24, 2.45) is 5.92 Å². The van der Waals surface area contributed by atoms with Crippen LogP contribution in [0.15, 0.2) is 42.7 Å². The van der Waals surface area contributed by atoms with Crippen molar-refractivity contribution in [3.63, 3.8) is 0 Å². The van der Waals surface area contributed by atoms with Gasteiger partial charge in [0.05, 0.1) is 30.2 Å². The van der Waals surface area contributed by atoms with Gasteiger partial charge in [-0.15, -0.1) is 0 Å². The zero-order chi connectivity index (χ0) is 23.8. The maximum Gasteiger partial charge on any atom is 0.325 e. The van der Waals surface area contributed by atoms with Gasteiger partial charge in [-0.3, -0.25) is 9.80 Å². The van der Waals surface area contributed by atoms with Gasteiger partial charge >= 0.3 is 6.03 Å². The Hall–Kier alpha value is -2.98. The molecule has 2 aliphatic carbocycles. The van der Waals surface area contributed by atoms with E-state index in [1.54, 1.807) is 12.4 Å². The van der Waals surface area contributed by atoms with E-state index in [0.717, 1.165) is 38.8 Å². The maximum absolute atomic E-state index is 13.8. The van der Waals surface area contributed by atoms with Crippen LogP contribution >= 0.6 is 0 Å². The third kappa shape index (κ3) is 3.74. The number of nitrogens with zero attached hydrogens (tertiary/aromatic N) is 6. The maximum atomic E-state index is 13.8. The Balaban J connectivity index is 1.45. The van der Waals surface area contributed by atoms with Crippen LogP contribution in [-0.2, 0) is 5.54 Å². The fourth-order valence-corrected chi connectivity index (χ4v) is 6.22. The van der Waals surface area contributed by atoms with Crippen LogP contribution in [0.5, 0.6) is 0 Å². The smallest absolute Gasteiger partial charge is 0.317 e. The Morgan fingerprint density at radius 2 is 1.79 bits per heavy atom. The summed E-state index contributed by atoms with van der Waals surface area (Å²) in [7, 11) is 2.23. The Labute approximate surface area is 202 Å². The second kappa shape index (κ2) is 8.99. The molecule has 0 unspecified atom stereocenters. The van der Waals surface area contributed by atoms with Crippen LogP contribution in [0, 0.1) is 17.2 Å². The minimum absolute atomic E-state index is 0.00256. The second-order valence-corrected chi connectivity index (χ2v) is 10.3. The van der Waals surface area contributed by atoms with Gasteiger partial charge in [-0.2, -0.15) is 5.26 Å². The number of urea groups is 1. The van der Waals surface area contributed by atoms with Gasteiger partial charge in [0.15, 0.2) is 0 Å². The number of anilines is 1. The molecule has 178 valence electrons. The quantitative estimate of drug-likeness (QED) is 0.635. The Kier molecular flexibility index (Phi) is 6.03. The zero-order valence-corrected chi connectivity index (χ0v) is 20.3. The molecule has 2 heterocycles. The summed E-state index contributed by atoms with van der Waals surface area (Å²) in [6.45, 7) is 4.72. The van der Waals surface area contributed by atoms with Crippen LogP contribution in [0.2, 0.25) is 0 Å². The molecule has 0 N–H and O–H groups in total. The molecular weight excluding hydrogens is 424 g/mol. The molecule has 5 rings (SSSR count). The van der Waals surface area contributed by atoms with E-state index in [9.17, 15) is 4.79 Å². The minimum Gasteiger partial charge on any atom is -0.317 e. The Morgan fingerprint density at radius 1 is 1.12 bits per heavy atom. The molecule has 1 aromatic heterocycles. The number of benzene rings is 1. The summed E-state index contributed by atoms with van der Waals surface area (Å²) in [5.41, 5.74) is 1.89. The molecule has 0 radical (unpaired) electrons. The third-order valence-corrected chi connectivity index (χ3v) is 8.73. The second-order valence-electron chi connectivity index (χ2n) is 10.3. The summed E-state index contributed by atoms with van der Waals surface area (Å²) >= 11 is 0. The first-order valence-corrected chi connectivity index (χ1v) is 12.6. The van der Waals surface area contributed by atoms with Gasteiger partial charge in [-0.1, -0.05) is 43.7 Å². The van der Waals surface area contributed by atoms with Gasteiger partial charge < -0.3 is 4.90 Å². The summed E-state index contributed by atoms with van der Waals surface area (Å²) in [4.78, 5) is 28.5. The van der Waals surface area contributed by atoms with Crippen molar-refractivity contribution in [3.8, 4) is 6.07 Å². The molecule has 3 fully saturated rings. The lowest BCUT2D eigenvalue weighted by molar-refractivity contribution is 0.00833. The van der Waals surface area contributed by atoms with E-state index in [2.05, 4.69) is 64.1 Å². The Bertz CT molecular complexity index is 1050. The van der Waals surface area contributed by atoms with E-state index in [1.165, 1.54) is 24.8 Å². The first kappa shape index (κ1) is 22.8. The third-order valence-electron chi connectivity index (χ3n) is 8.73. The lowest BCUT2D eigenvalue weighted by Crippen LogP contribution is -2.57. The predicted molar refractivity (Wildman–Crippen MR) is 131 cm³/mol. The summed E-state index contributed by atoms with van der Waals surface area (Å²) in [6.07, 6.45) is 10.9. The van der Waals surface area contributed by atoms with Crippen molar-refractivity contribution in [2.75, 3.05) is 31.6 Å². The van der Waals surface area contributed by atoms with Gasteiger partial charge in [0, 0.05) is 12.1 Å². The molecule has 1 spiro atoms. The van der Waals surface area contributed by atoms with Crippen LogP contribution in [-0.4, -0.2) is 58.0 Å². The van der Waals surface area contributed by atoms with Crippen molar-refractivity contribution in [3.05, 3.63) is 54.1 Å². The standard InChI is InChI=1S/C27H34N6O/c1-3-31(2)27(22-10-5-4-6-11-22)14-12-26(13-15-27)20-32(23-17-29-24(16-28)30-18-23)25(34)33(26)19-21-8-7-9-21/h4-6,10-11,17-18,21H,3,7-9,12-15,19-20H2,1-2H3/t26-,27+. The molecule has 1 aliphatic heterocycles. The predicted octanol–water partition coefficient (Wildman–Crippen LogP) is 4.55. The number of hydrogen-bond donors (Lipinski definition) is 0. The summed E-state index contributed by atoms with van der Waals surface area (Å²) in [6, 6.07) is 12.9. The summed E-state index contributed by atoms with van der Waals surface area (Å²) in [5.74, 6) is 0.737. The van der Waals surface area contributed by atoms with Crippen LogP contribution in [0.3, 0.4) is 0 Å². The van der Waals surface area contributed by atoms with Crippen molar-refractivity contribution in [1.82, 2.24) is 19.8 Å². The van der Waals surface area contributed by atoms with E-state index in [0.29, 0.717) is 18.2 Å². The first-order valence-electron chi connectivity index (χ1n) is 12.6. The molecule has 0 atom stereocenters. The number of rotatable bonds is 6. The largest absolute Gasteiger partial charge is 0.325 e. The number of amides is 2. The van der Waals surface area contributed by atoms with Crippen molar-refractivity contribution in [1.29, 1.82) is 5.26 Å². The van der Waals surface area contributed by atoms with Crippen LogP contribution in [0.1, 0.15) is 63.3 Å². The highest BCUT2D eigenvalue weighted by molar-refractivity contribution is 5.95. The molecule has 1 saturated heterocycles. The zero-order valence-electron chi connectivity index (χ0n) is 20.3. The van der Waals surface area contributed by atoms with Gasteiger partial charge in [-0.05, 0) is 63.6 Å². The highest BCUT2D eigenvalue weighted by Gasteiger charge is 2.55. The summed E-state index contributed by atoms with van der Waals surface area (Å²) in [5, 5.41) is 9.06. The first-order chi connectivity index (χ1) is 16.5. The van der Waals surface area contributed by atoms with Crippen molar-refractivity contribution in [2.45, 2.75) is 62.9 Å². The lowest BCUT2D eigenvalue weighted by atomic mass is 9.68. The van der Waals surface area contributed by atoms with E-state index in [4.69, 9.17) is 5.26 Å². The number of carbonyl (C=O) groups excluding carboxylic acids is 1. The SMILES string of the molecule is CCN(C)[C@]1(c2ccccc2)CC[C@]2(CC1)CN(c1cnc(C#N)nc1)C(=O)N2CC1CCC1. The monoisotopic (exact) mass is 458 g/mol. The van der Waals surface area contributed by atoms with Gasteiger partial charge in [-0.25, -0.2) is 14.8 Å². The van der Waals surface area contributed by atoms with Crippen molar-refractivity contribution >= 4 is 11.7 Å². The number of hydrogen-bond acceptors (Lipinski definition) is 5. The fraction of sp³-hybridized carbons (Fsp3) is 0.556. The van der Waals surface area contributed by atoms with E-state index < -0.39 is 0 Å². The molecular formula is C27H34N6O. The van der Waals surface area contributed by atoms with E-state index in [-0.39, 0.29) is 22.9 Å². The molecule has 0 bridgehead atoms. The molecule has 7 heteroatoms. The topological polar surface area (TPSA) is 76.4 Å². The molecule has 2 saturated carbocycles. The van der Waals surface area contributed by atoms with Crippen molar-refractivity contribution < 1.29 is 4.79 Å². The molecule has 7 nitrogen and oxygen atoms in total. The molecule has 34 heavy (non-hydrogen) atoms. The van der Waals surface area contributed by atoms with Gasteiger partial charge in [0.25, 0.3) is 0 Å². The van der Waals surface area contributed by atoms with E-state index in [1.807, 2.05) is 11.0 Å². The molecule has 2 aromatic rings. The minimum atomic E-state index is -0.173. The lowest BCUT2D eigenvalue weighted by Gasteiger charge is -2.52. The summed E-state index contributed by atoms with van der Waals surface area (Å²) < 4.78 is 0.